The second-order valence-corrected chi connectivity index (χ2v) is 5.05. The zero-order valence-electron chi connectivity index (χ0n) is 9.83. The molecule has 16 heavy (non-hydrogen) atoms. The number of carbonyl (C=O) groups is 2. The monoisotopic (exact) mass is 243 g/mol. The second-order valence-electron chi connectivity index (χ2n) is 4.06. The van der Waals surface area contributed by atoms with Crippen LogP contribution in [-0.2, 0) is 14.3 Å². The first-order valence-electron chi connectivity index (χ1n) is 4.85. The number of hydrogen-bond donors (Lipinski definition) is 1. The standard InChI is InChI=1S/C11H17NO3S/c1-5-6-12-9(13)7-16-8-10(14)15-11(2,3)4/h1H,6-8H2,2-4H3,(H,12,13). The van der Waals surface area contributed by atoms with Crippen molar-refractivity contribution in [3.05, 3.63) is 0 Å². The topological polar surface area (TPSA) is 55.4 Å². The van der Waals surface area contributed by atoms with Crippen LogP contribution in [0.5, 0.6) is 0 Å². The highest BCUT2D eigenvalue weighted by molar-refractivity contribution is 8.00. The number of thioether (sulfide) groups is 1. The molecule has 0 aliphatic heterocycles. The maximum absolute atomic E-state index is 11.2. The third-order valence-corrected chi connectivity index (χ3v) is 2.17. The van der Waals surface area contributed by atoms with E-state index < -0.39 is 5.60 Å². The van der Waals surface area contributed by atoms with Gasteiger partial charge in [0.25, 0.3) is 0 Å². The predicted molar refractivity (Wildman–Crippen MR) is 65.0 cm³/mol. The third-order valence-electron chi connectivity index (χ3n) is 1.26. The molecule has 0 saturated carbocycles. The molecular formula is C11H17NO3S. The average molecular weight is 243 g/mol. The maximum Gasteiger partial charge on any atom is 0.316 e. The van der Waals surface area contributed by atoms with Crippen molar-refractivity contribution >= 4 is 23.6 Å². The minimum atomic E-state index is -0.483. The molecule has 5 heteroatoms. The van der Waals surface area contributed by atoms with Gasteiger partial charge in [-0.2, -0.15) is 0 Å². The molecule has 0 heterocycles. The first-order valence-corrected chi connectivity index (χ1v) is 6.00. The molecule has 0 bridgehead atoms. The van der Waals surface area contributed by atoms with Crippen molar-refractivity contribution in [2.75, 3.05) is 18.1 Å². The number of terminal acetylenes is 1. The number of esters is 1. The Kier molecular flexibility index (Phi) is 6.66. The van der Waals surface area contributed by atoms with Gasteiger partial charge in [-0.15, -0.1) is 18.2 Å². The Labute approximate surface area is 100 Å². The molecule has 1 N–H and O–H groups in total. The zero-order valence-corrected chi connectivity index (χ0v) is 10.6. The van der Waals surface area contributed by atoms with Gasteiger partial charge in [0.2, 0.25) is 5.91 Å². The van der Waals surface area contributed by atoms with Crippen LogP contribution >= 0.6 is 11.8 Å². The van der Waals surface area contributed by atoms with Crippen LogP contribution in [0.4, 0.5) is 0 Å². The number of amides is 1. The number of ether oxygens (including phenoxy) is 1. The van der Waals surface area contributed by atoms with E-state index in [4.69, 9.17) is 11.2 Å². The quantitative estimate of drug-likeness (QED) is 0.573. The summed E-state index contributed by atoms with van der Waals surface area (Å²) in [5, 5.41) is 2.51. The van der Waals surface area contributed by atoms with Gasteiger partial charge in [0.15, 0.2) is 0 Å². The van der Waals surface area contributed by atoms with E-state index in [0.29, 0.717) is 0 Å². The average Bonchev–Trinajstić information content (AvgIpc) is 2.11. The molecule has 1 amide bonds. The third kappa shape index (κ3) is 9.41. The molecule has 0 aliphatic rings. The molecule has 0 atom stereocenters. The van der Waals surface area contributed by atoms with Gasteiger partial charge in [-0.3, -0.25) is 9.59 Å². The fourth-order valence-electron chi connectivity index (χ4n) is 0.799. The minimum Gasteiger partial charge on any atom is -0.459 e. The summed E-state index contributed by atoms with van der Waals surface area (Å²) in [6, 6.07) is 0. The van der Waals surface area contributed by atoms with Crippen molar-refractivity contribution < 1.29 is 14.3 Å². The highest BCUT2D eigenvalue weighted by Crippen LogP contribution is 2.09. The molecule has 0 aromatic heterocycles. The lowest BCUT2D eigenvalue weighted by atomic mass is 10.2. The summed E-state index contributed by atoms with van der Waals surface area (Å²) >= 11 is 1.21. The molecule has 0 unspecified atom stereocenters. The molecule has 0 rings (SSSR count). The maximum atomic E-state index is 11.2. The Morgan fingerprint density at radius 1 is 1.38 bits per heavy atom. The van der Waals surface area contributed by atoms with Crippen LogP contribution in [-0.4, -0.2) is 35.5 Å². The SMILES string of the molecule is C#CCNC(=O)CSCC(=O)OC(C)(C)C. The van der Waals surface area contributed by atoms with Crippen molar-refractivity contribution in [3.63, 3.8) is 0 Å². The summed E-state index contributed by atoms with van der Waals surface area (Å²) in [7, 11) is 0. The van der Waals surface area contributed by atoms with Crippen molar-refractivity contribution in [1.82, 2.24) is 5.32 Å². The molecule has 90 valence electrons. The van der Waals surface area contributed by atoms with Gasteiger partial charge in [0.05, 0.1) is 18.1 Å². The number of hydrogen-bond acceptors (Lipinski definition) is 4. The second kappa shape index (κ2) is 7.18. The van der Waals surface area contributed by atoms with E-state index in [0.717, 1.165) is 0 Å². The molecule has 0 fully saturated rings. The van der Waals surface area contributed by atoms with Crippen LogP contribution in [0, 0.1) is 12.3 Å². The molecule has 0 spiro atoms. The summed E-state index contributed by atoms with van der Waals surface area (Å²) in [4.78, 5) is 22.3. The molecular weight excluding hydrogens is 226 g/mol. The van der Waals surface area contributed by atoms with Crippen LogP contribution in [0.3, 0.4) is 0 Å². The summed E-state index contributed by atoms with van der Waals surface area (Å²) in [6.07, 6.45) is 4.98. The summed E-state index contributed by atoms with van der Waals surface area (Å²) in [5.74, 6) is 2.18. The smallest absolute Gasteiger partial charge is 0.316 e. The lowest BCUT2D eigenvalue weighted by Crippen LogP contribution is -2.27. The van der Waals surface area contributed by atoms with Gasteiger partial charge in [-0.1, -0.05) is 5.92 Å². The molecule has 0 saturated heterocycles. The number of rotatable bonds is 5. The molecule has 0 radical (unpaired) electrons. The van der Waals surface area contributed by atoms with Crippen molar-refractivity contribution in [1.29, 1.82) is 0 Å². The lowest BCUT2D eigenvalue weighted by Gasteiger charge is -2.19. The number of nitrogens with one attached hydrogen (secondary N) is 1. The van der Waals surface area contributed by atoms with Crippen molar-refractivity contribution in [3.8, 4) is 12.3 Å². The highest BCUT2D eigenvalue weighted by atomic mass is 32.2. The van der Waals surface area contributed by atoms with Gasteiger partial charge in [0, 0.05) is 0 Å². The van der Waals surface area contributed by atoms with E-state index in [1.807, 2.05) is 0 Å². The Balaban J connectivity index is 3.63. The van der Waals surface area contributed by atoms with Crippen LogP contribution in [0.25, 0.3) is 0 Å². The Morgan fingerprint density at radius 3 is 2.50 bits per heavy atom. The fraction of sp³-hybridized carbons (Fsp3) is 0.636. The Bertz CT molecular complexity index is 289. The highest BCUT2D eigenvalue weighted by Gasteiger charge is 2.16. The Hall–Kier alpha value is -1.15. The summed E-state index contributed by atoms with van der Waals surface area (Å²) in [5.41, 5.74) is -0.483. The zero-order chi connectivity index (χ0) is 12.6. The van der Waals surface area contributed by atoms with E-state index in [1.165, 1.54) is 11.8 Å². The van der Waals surface area contributed by atoms with Gasteiger partial charge in [0.1, 0.15) is 5.60 Å². The van der Waals surface area contributed by atoms with E-state index in [-0.39, 0.29) is 29.9 Å². The lowest BCUT2D eigenvalue weighted by molar-refractivity contribution is -0.151. The first-order chi connectivity index (χ1) is 7.35. The van der Waals surface area contributed by atoms with Gasteiger partial charge >= 0.3 is 5.97 Å². The number of carbonyl (C=O) groups excluding carboxylic acids is 2. The van der Waals surface area contributed by atoms with E-state index >= 15 is 0 Å². The van der Waals surface area contributed by atoms with Crippen LogP contribution in [0.1, 0.15) is 20.8 Å². The van der Waals surface area contributed by atoms with Gasteiger partial charge < -0.3 is 10.1 Å². The molecule has 0 aromatic carbocycles. The van der Waals surface area contributed by atoms with Crippen molar-refractivity contribution in [2.24, 2.45) is 0 Å². The molecule has 0 aromatic rings. The van der Waals surface area contributed by atoms with E-state index in [1.54, 1.807) is 20.8 Å². The molecule has 0 aliphatic carbocycles. The van der Waals surface area contributed by atoms with Crippen LogP contribution < -0.4 is 5.32 Å². The normalized spacial score (nSPS) is 10.4. The van der Waals surface area contributed by atoms with E-state index in [9.17, 15) is 9.59 Å². The van der Waals surface area contributed by atoms with Crippen molar-refractivity contribution in [2.45, 2.75) is 26.4 Å². The van der Waals surface area contributed by atoms with Crippen LogP contribution in [0.15, 0.2) is 0 Å². The van der Waals surface area contributed by atoms with E-state index in [2.05, 4.69) is 11.2 Å². The Morgan fingerprint density at radius 2 is 2.00 bits per heavy atom. The summed E-state index contributed by atoms with van der Waals surface area (Å²) < 4.78 is 5.08. The van der Waals surface area contributed by atoms with Crippen LogP contribution in [0.2, 0.25) is 0 Å². The van der Waals surface area contributed by atoms with Gasteiger partial charge in [-0.05, 0) is 20.8 Å². The predicted octanol–water partition coefficient (Wildman–Crippen LogP) is 0.811. The molecule has 4 nitrogen and oxygen atoms in total. The summed E-state index contributed by atoms with van der Waals surface area (Å²) in [6.45, 7) is 5.62. The fourth-order valence-corrected chi connectivity index (χ4v) is 1.41. The largest absolute Gasteiger partial charge is 0.459 e. The van der Waals surface area contributed by atoms with Gasteiger partial charge in [-0.25, -0.2) is 0 Å². The first kappa shape index (κ1) is 14.8. The minimum absolute atomic E-state index is 0.167.